The Labute approximate surface area is 150 Å². The smallest absolute Gasteiger partial charge is 0.336 e. The zero-order chi connectivity index (χ0) is 18.5. The van der Waals surface area contributed by atoms with Gasteiger partial charge in [0.05, 0.1) is 12.3 Å². The molecule has 1 N–H and O–H groups in total. The predicted molar refractivity (Wildman–Crippen MR) is 96.8 cm³/mol. The number of aromatic nitrogens is 3. The molecule has 1 heterocycles. The second-order valence-electron chi connectivity index (χ2n) is 5.53. The highest BCUT2D eigenvalue weighted by atomic mass is 19.1. The lowest BCUT2D eigenvalue weighted by Gasteiger charge is -2.09. The lowest BCUT2D eigenvalue weighted by molar-refractivity contribution is -0.115. The molecule has 0 unspecified atom stereocenters. The molecule has 0 bridgehead atoms. The number of nitrogens with zero attached hydrogens (tertiary/aromatic N) is 3. The molecule has 2 aromatic carbocycles. The highest BCUT2D eigenvalue weighted by Gasteiger charge is 2.15. The van der Waals surface area contributed by atoms with Crippen molar-refractivity contribution in [3.8, 4) is 23.1 Å². The average Bonchev–Trinajstić information content (AvgIpc) is 3.06. The zero-order valence-corrected chi connectivity index (χ0v) is 14.6. The van der Waals surface area contributed by atoms with Crippen molar-refractivity contribution >= 4 is 11.6 Å². The Morgan fingerprint density at radius 1 is 1.19 bits per heavy atom. The molecular weight excluding hydrogens is 335 g/mol. The second-order valence-corrected chi connectivity index (χ2v) is 5.53. The highest BCUT2D eigenvalue weighted by Crippen LogP contribution is 2.25. The third-order valence-corrected chi connectivity index (χ3v) is 3.64. The van der Waals surface area contributed by atoms with Crippen LogP contribution < -0.4 is 10.1 Å². The van der Waals surface area contributed by atoms with Crippen molar-refractivity contribution < 1.29 is 13.9 Å². The summed E-state index contributed by atoms with van der Waals surface area (Å²) in [5.41, 5.74) is 1.90. The monoisotopic (exact) mass is 354 g/mol. The molecule has 134 valence electrons. The first-order chi connectivity index (χ1) is 12.6. The van der Waals surface area contributed by atoms with E-state index in [-0.39, 0.29) is 17.7 Å². The topological polar surface area (TPSA) is 69.0 Å². The summed E-state index contributed by atoms with van der Waals surface area (Å²) >= 11 is 0. The van der Waals surface area contributed by atoms with Crippen LogP contribution in [-0.4, -0.2) is 27.3 Å². The Balaban J connectivity index is 2.06. The van der Waals surface area contributed by atoms with Crippen LogP contribution in [0, 0.1) is 5.82 Å². The van der Waals surface area contributed by atoms with Crippen LogP contribution in [0.5, 0.6) is 6.01 Å². The van der Waals surface area contributed by atoms with E-state index < -0.39 is 0 Å². The molecule has 1 aromatic heterocycles. The molecule has 0 aliphatic heterocycles. The summed E-state index contributed by atoms with van der Waals surface area (Å²) in [6.07, 6.45) is 0.385. The van der Waals surface area contributed by atoms with Crippen LogP contribution in [0.4, 0.5) is 10.1 Å². The molecule has 6 nitrogen and oxygen atoms in total. The summed E-state index contributed by atoms with van der Waals surface area (Å²) in [6, 6.07) is 13.5. The van der Waals surface area contributed by atoms with Gasteiger partial charge in [-0.15, -0.1) is 5.10 Å². The molecule has 0 saturated carbocycles. The normalized spacial score (nSPS) is 10.6. The Morgan fingerprint density at radius 2 is 2.00 bits per heavy atom. The first-order valence-corrected chi connectivity index (χ1v) is 8.36. The fraction of sp³-hybridized carbons (Fsp3) is 0.211. The molecule has 1 amide bonds. The van der Waals surface area contributed by atoms with Crippen LogP contribution in [0.25, 0.3) is 17.1 Å². The Hall–Kier alpha value is -3.22. The maximum Gasteiger partial charge on any atom is 0.336 e. The molecule has 0 spiro atoms. The first-order valence-electron chi connectivity index (χ1n) is 8.36. The molecule has 3 rings (SSSR count). The molecule has 0 fully saturated rings. The van der Waals surface area contributed by atoms with Gasteiger partial charge in [0.2, 0.25) is 5.91 Å². The number of anilines is 1. The number of halogens is 1. The van der Waals surface area contributed by atoms with E-state index in [0.717, 1.165) is 0 Å². The predicted octanol–water partition coefficient (Wildman–Crippen LogP) is 3.82. The van der Waals surface area contributed by atoms with Gasteiger partial charge in [-0.25, -0.2) is 9.07 Å². The second kappa shape index (κ2) is 7.77. The number of benzene rings is 2. The lowest BCUT2D eigenvalue weighted by Crippen LogP contribution is -2.10. The van der Waals surface area contributed by atoms with Crippen molar-refractivity contribution in [1.82, 2.24) is 14.8 Å². The molecule has 3 aromatic rings. The summed E-state index contributed by atoms with van der Waals surface area (Å²) in [7, 11) is 0. The first kappa shape index (κ1) is 17.6. The molecule has 0 atom stereocenters. The largest absolute Gasteiger partial charge is 0.463 e. The molecule has 0 saturated heterocycles. The van der Waals surface area contributed by atoms with E-state index in [1.165, 1.54) is 12.1 Å². The van der Waals surface area contributed by atoms with Crippen LogP contribution in [0.1, 0.15) is 20.3 Å². The van der Waals surface area contributed by atoms with E-state index >= 15 is 0 Å². The van der Waals surface area contributed by atoms with Gasteiger partial charge in [-0.2, -0.15) is 4.98 Å². The fourth-order valence-electron chi connectivity index (χ4n) is 2.44. The van der Waals surface area contributed by atoms with Gasteiger partial charge >= 0.3 is 6.01 Å². The number of hydrogen-bond acceptors (Lipinski definition) is 4. The van der Waals surface area contributed by atoms with Gasteiger partial charge in [-0.05, 0) is 37.3 Å². The summed E-state index contributed by atoms with van der Waals surface area (Å²) in [4.78, 5) is 16.0. The van der Waals surface area contributed by atoms with E-state index in [4.69, 9.17) is 4.74 Å². The van der Waals surface area contributed by atoms with E-state index in [9.17, 15) is 9.18 Å². The lowest BCUT2D eigenvalue weighted by atomic mass is 10.2. The number of amides is 1. The maximum atomic E-state index is 13.7. The minimum Gasteiger partial charge on any atom is -0.463 e. The Morgan fingerprint density at radius 3 is 2.73 bits per heavy atom. The van der Waals surface area contributed by atoms with E-state index in [1.807, 2.05) is 13.0 Å². The molecule has 26 heavy (non-hydrogen) atoms. The number of rotatable bonds is 6. The van der Waals surface area contributed by atoms with Gasteiger partial charge < -0.3 is 10.1 Å². The standard InChI is InChI=1S/C19H19FN4O2/c1-3-17(25)21-15-9-6-10-16(12-15)24-18(22-19(23-24)26-4-2)13-7-5-8-14(20)11-13/h5-12H,3-4H2,1-2H3,(H,21,25). The molecule has 0 radical (unpaired) electrons. The molecule has 7 heteroatoms. The van der Waals surface area contributed by atoms with Gasteiger partial charge in [-0.3, -0.25) is 4.79 Å². The van der Waals surface area contributed by atoms with Crippen molar-refractivity contribution in [2.45, 2.75) is 20.3 Å². The summed E-state index contributed by atoms with van der Waals surface area (Å²) in [6.45, 7) is 4.04. The number of carbonyl (C=O) groups is 1. The molecule has 0 aliphatic carbocycles. The quantitative estimate of drug-likeness (QED) is 0.731. The van der Waals surface area contributed by atoms with Crippen molar-refractivity contribution in [2.75, 3.05) is 11.9 Å². The minimum absolute atomic E-state index is 0.0823. The van der Waals surface area contributed by atoms with E-state index in [1.54, 1.807) is 41.9 Å². The number of nitrogens with one attached hydrogen (secondary N) is 1. The van der Waals surface area contributed by atoms with Gasteiger partial charge in [0, 0.05) is 17.7 Å². The van der Waals surface area contributed by atoms with Crippen LogP contribution in [0.3, 0.4) is 0 Å². The van der Waals surface area contributed by atoms with E-state index in [0.29, 0.717) is 35.8 Å². The molecule has 0 aliphatic rings. The highest BCUT2D eigenvalue weighted by molar-refractivity contribution is 5.90. The number of ether oxygens (including phenoxy) is 1. The fourth-order valence-corrected chi connectivity index (χ4v) is 2.44. The Bertz CT molecular complexity index is 923. The SMILES string of the molecule is CCOc1nc(-c2cccc(F)c2)n(-c2cccc(NC(=O)CC)c2)n1. The van der Waals surface area contributed by atoms with E-state index in [2.05, 4.69) is 15.4 Å². The van der Waals surface area contributed by atoms with Crippen LogP contribution in [-0.2, 0) is 4.79 Å². The molecular formula is C19H19FN4O2. The van der Waals surface area contributed by atoms with Crippen molar-refractivity contribution in [3.05, 3.63) is 54.3 Å². The third-order valence-electron chi connectivity index (χ3n) is 3.64. The number of carbonyl (C=O) groups excluding carboxylic acids is 1. The summed E-state index contributed by atoms with van der Waals surface area (Å²) in [5, 5.41) is 7.18. The third kappa shape index (κ3) is 3.88. The van der Waals surface area contributed by atoms with Crippen LogP contribution >= 0.6 is 0 Å². The van der Waals surface area contributed by atoms with Gasteiger partial charge in [0.15, 0.2) is 5.82 Å². The maximum absolute atomic E-state index is 13.7. The Kier molecular flexibility index (Phi) is 5.26. The number of hydrogen-bond donors (Lipinski definition) is 1. The van der Waals surface area contributed by atoms with Gasteiger partial charge in [0.1, 0.15) is 5.82 Å². The summed E-state index contributed by atoms with van der Waals surface area (Å²) < 4.78 is 20.6. The van der Waals surface area contributed by atoms with Crippen molar-refractivity contribution in [1.29, 1.82) is 0 Å². The summed E-state index contributed by atoms with van der Waals surface area (Å²) in [5.74, 6) is 0.00647. The van der Waals surface area contributed by atoms with Crippen molar-refractivity contribution in [2.24, 2.45) is 0 Å². The van der Waals surface area contributed by atoms with Crippen molar-refractivity contribution in [3.63, 3.8) is 0 Å². The average molecular weight is 354 g/mol. The van der Waals surface area contributed by atoms with Crippen LogP contribution in [0.2, 0.25) is 0 Å². The van der Waals surface area contributed by atoms with Gasteiger partial charge in [-0.1, -0.05) is 25.1 Å². The van der Waals surface area contributed by atoms with Gasteiger partial charge in [0.25, 0.3) is 0 Å². The minimum atomic E-state index is -0.362. The van der Waals surface area contributed by atoms with Crippen LogP contribution in [0.15, 0.2) is 48.5 Å². The zero-order valence-electron chi connectivity index (χ0n) is 14.6.